The molecular weight excluding hydrogens is 318 g/mol. The summed E-state index contributed by atoms with van der Waals surface area (Å²) in [7, 11) is 1.31. The second-order valence-corrected chi connectivity index (χ2v) is 5.69. The number of ether oxygens (including phenoxy) is 1. The molecule has 2 rings (SSSR count). The van der Waals surface area contributed by atoms with E-state index in [0.29, 0.717) is 11.0 Å². The van der Waals surface area contributed by atoms with Crippen molar-refractivity contribution < 1.29 is 14.3 Å². The Balaban J connectivity index is 1.86. The van der Waals surface area contributed by atoms with Crippen LogP contribution in [0.1, 0.15) is 11.4 Å². The summed E-state index contributed by atoms with van der Waals surface area (Å²) in [5, 5.41) is 7.28. The van der Waals surface area contributed by atoms with Crippen molar-refractivity contribution in [1.82, 2.24) is 19.7 Å². The van der Waals surface area contributed by atoms with Crippen LogP contribution in [0, 0.1) is 13.8 Å². The molecule has 0 radical (unpaired) electrons. The Morgan fingerprint density at radius 3 is 2.65 bits per heavy atom. The Labute approximate surface area is 137 Å². The number of carbonyl (C=O) groups excluding carboxylic acids is 2. The molecule has 0 aliphatic heterocycles. The normalized spacial score (nSPS) is 10.4. The molecule has 8 nitrogen and oxygen atoms in total. The maximum atomic E-state index is 11.9. The fraction of sp³-hybridized carbons (Fsp3) is 0.357. The summed E-state index contributed by atoms with van der Waals surface area (Å²) in [4.78, 5) is 31.6. The van der Waals surface area contributed by atoms with Crippen LogP contribution in [-0.4, -0.2) is 44.5 Å². The van der Waals surface area contributed by atoms with E-state index in [2.05, 4.69) is 25.1 Å². The first-order chi connectivity index (χ1) is 11.0. The van der Waals surface area contributed by atoms with Gasteiger partial charge in [-0.1, -0.05) is 11.8 Å². The summed E-state index contributed by atoms with van der Waals surface area (Å²) in [6.07, 6.45) is 1.59. The second kappa shape index (κ2) is 7.73. The third kappa shape index (κ3) is 5.37. The van der Waals surface area contributed by atoms with Crippen LogP contribution < -0.4 is 5.32 Å². The van der Waals surface area contributed by atoms with Gasteiger partial charge in [-0.25, -0.2) is 9.97 Å². The van der Waals surface area contributed by atoms with E-state index >= 15 is 0 Å². The number of carbonyl (C=O) groups is 2. The zero-order chi connectivity index (χ0) is 16.8. The van der Waals surface area contributed by atoms with E-state index in [4.69, 9.17) is 0 Å². The van der Waals surface area contributed by atoms with Crippen molar-refractivity contribution in [2.75, 3.05) is 18.2 Å². The first-order valence-corrected chi connectivity index (χ1v) is 7.80. The Hall–Kier alpha value is -2.42. The van der Waals surface area contributed by atoms with Crippen LogP contribution in [0.2, 0.25) is 0 Å². The standard InChI is InChI=1S/C14H17N5O3S/c1-9-6-10(2)16-14(15-9)23-8-12(20)17-11-4-5-19(18-11)7-13(21)22-3/h4-6H,7-8H2,1-3H3,(H,17,18,20). The number of hydrogen-bond acceptors (Lipinski definition) is 7. The number of anilines is 1. The van der Waals surface area contributed by atoms with Crippen LogP contribution in [0.3, 0.4) is 0 Å². The van der Waals surface area contributed by atoms with Gasteiger partial charge in [-0.05, 0) is 19.9 Å². The highest BCUT2D eigenvalue weighted by molar-refractivity contribution is 7.99. The number of aryl methyl sites for hydroxylation is 2. The van der Waals surface area contributed by atoms with Crippen LogP contribution >= 0.6 is 11.8 Å². The third-order valence-electron chi connectivity index (χ3n) is 2.72. The Kier molecular flexibility index (Phi) is 5.69. The van der Waals surface area contributed by atoms with Crippen molar-refractivity contribution in [3.8, 4) is 0 Å². The third-order valence-corrected chi connectivity index (χ3v) is 3.57. The number of nitrogens with zero attached hydrogens (tertiary/aromatic N) is 4. The lowest BCUT2D eigenvalue weighted by Gasteiger charge is -2.03. The molecule has 0 aromatic carbocycles. The SMILES string of the molecule is COC(=O)Cn1ccc(NC(=O)CSc2nc(C)cc(C)n2)n1. The van der Waals surface area contributed by atoms with Crippen molar-refractivity contribution in [1.29, 1.82) is 0 Å². The molecule has 0 aliphatic carbocycles. The van der Waals surface area contributed by atoms with Crippen LogP contribution in [0.5, 0.6) is 0 Å². The molecule has 0 saturated carbocycles. The van der Waals surface area contributed by atoms with Crippen molar-refractivity contribution in [2.24, 2.45) is 0 Å². The molecule has 1 amide bonds. The lowest BCUT2D eigenvalue weighted by molar-refractivity contribution is -0.141. The molecular formula is C14H17N5O3S. The highest BCUT2D eigenvalue weighted by Crippen LogP contribution is 2.14. The summed E-state index contributed by atoms with van der Waals surface area (Å²) in [5.74, 6) is -0.0809. The number of hydrogen-bond donors (Lipinski definition) is 1. The summed E-state index contributed by atoms with van der Waals surface area (Å²) in [5.41, 5.74) is 1.73. The molecule has 0 saturated heterocycles. The fourth-order valence-corrected chi connectivity index (χ4v) is 2.53. The van der Waals surface area contributed by atoms with E-state index in [1.165, 1.54) is 23.6 Å². The number of amides is 1. The quantitative estimate of drug-likeness (QED) is 0.481. The maximum absolute atomic E-state index is 11.9. The molecule has 2 aromatic rings. The van der Waals surface area contributed by atoms with Crippen LogP contribution in [0.15, 0.2) is 23.5 Å². The average molecular weight is 335 g/mol. The zero-order valence-corrected chi connectivity index (χ0v) is 13.9. The van der Waals surface area contributed by atoms with Crippen LogP contribution in [0.25, 0.3) is 0 Å². The monoisotopic (exact) mass is 335 g/mol. The van der Waals surface area contributed by atoms with Gasteiger partial charge in [0.2, 0.25) is 5.91 Å². The van der Waals surface area contributed by atoms with Gasteiger partial charge in [-0.3, -0.25) is 14.3 Å². The number of methoxy groups -OCH3 is 1. The number of esters is 1. The smallest absolute Gasteiger partial charge is 0.327 e. The summed E-state index contributed by atoms with van der Waals surface area (Å²) >= 11 is 1.25. The molecule has 0 fully saturated rings. The van der Waals surface area contributed by atoms with Gasteiger partial charge in [0.1, 0.15) is 6.54 Å². The maximum Gasteiger partial charge on any atom is 0.327 e. The number of nitrogens with one attached hydrogen (secondary N) is 1. The largest absolute Gasteiger partial charge is 0.468 e. The van der Waals surface area contributed by atoms with Crippen LogP contribution in [0.4, 0.5) is 5.82 Å². The van der Waals surface area contributed by atoms with Gasteiger partial charge < -0.3 is 10.1 Å². The van der Waals surface area contributed by atoms with Crippen molar-refractivity contribution in [2.45, 2.75) is 25.5 Å². The molecule has 0 bridgehead atoms. The lowest BCUT2D eigenvalue weighted by Crippen LogP contribution is -2.16. The summed E-state index contributed by atoms with van der Waals surface area (Å²) < 4.78 is 5.94. The summed E-state index contributed by atoms with van der Waals surface area (Å²) in [6, 6.07) is 3.48. The van der Waals surface area contributed by atoms with E-state index in [1.807, 2.05) is 19.9 Å². The van der Waals surface area contributed by atoms with Gasteiger partial charge in [0.05, 0.1) is 12.9 Å². The molecule has 2 aromatic heterocycles. The van der Waals surface area contributed by atoms with Crippen molar-refractivity contribution >= 4 is 29.5 Å². The highest BCUT2D eigenvalue weighted by atomic mass is 32.2. The molecule has 0 aliphatic rings. The lowest BCUT2D eigenvalue weighted by atomic mass is 10.4. The number of rotatable bonds is 6. The van der Waals surface area contributed by atoms with Crippen molar-refractivity contribution in [3.63, 3.8) is 0 Å². The minimum absolute atomic E-state index is 0.00245. The Bertz CT molecular complexity index is 696. The van der Waals surface area contributed by atoms with Crippen LogP contribution in [-0.2, 0) is 20.9 Å². The van der Waals surface area contributed by atoms with E-state index in [9.17, 15) is 9.59 Å². The van der Waals surface area contributed by atoms with E-state index in [0.717, 1.165) is 11.4 Å². The molecule has 122 valence electrons. The van der Waals surface area contributed by atoms with E-state index in [1.54, 1.807) is 12.3 Å². The minimum Gasteiger partial charge on any atom is -0.468 e. The van der Waals surface area contributed by atoms with Gasteiger partial charge in [0, 0.05) is 23.7 Å². The molecule has 9 heteroatoms. The zero-order valence-electron chi connectivity index (χ0n) is 13.1. The van der Waals surface area contributed by atoms with E-state index < -0.39 is 5.97 Å². The Morgan fingerprint density at radius 1 is 1.30 bits per heavy atom. The van der Waals surface area contributed by atoms with Gasteiger partial charge >= 0.3 is 5.97 Å². The predicted octanol–water partition coefficient (Wildman–Crippen LogP) is 1.19. The fourth-order valence-electron chi connectivity index (χ4n) is 1.78. The highest BCUT2D eigenvalue weighted by Gasteiger charge is 2.09. The van der Waals surface area contributed by atoms with Gasteiger partial charge in [0.25, 0.3) is 0 Å². The van der Waals surface area contributed by atoms with E-state index in [-0.39, 0.29) is 18.2 Å². The van der Waals surface area contributed by atoms with Crippen molar-refractivity contribution in [3.05, 3.63) is 29.7 Å². The molecule has 1 N–H and O–H groups in total. The first-order valence-electron chi connectivity index (χ1n) is 6.81. The molecule has 23 heavy (non-hydrogen) atoms. The number of thioether (sulfide) groups is 1. The molecule has 0 unspecified atom stereocenters. The molecule has 0 atom stereocenters. The topological polar surface area (TPSA) is 99.0 Å². The second-order valence-electron chi connectivity index (χ2n) is 4.74. The molecule has 0 spiro atoms. The number of aromatic nitrogens is 4. The van der Waals surface area contributed by atoms with Gasteiger partial charge in [-0.2, -0.15) is 5.10 Å². The minimum atomic E-state index is -0.409. The molecule has 2 heterocycles. The first kappa shape index (κ1) is 16.9. The average Bonchev–Trinajstić information content (AvgIpc) is 2.91. The van der Waals surface area contributed by atoms with Gasteiger partial charge in [-0.15, -0.1) is 0 Å². The van der Waals surface area contributed by atoms with Gasteiger partial charge in [0.15, 0.2) is 11.0 Å². The predicted molar refractivity (Wildman–Crippen MR) is 85.1 cm³/mol. The summed E-state index contributed by atoms with van der Waals surface area (Å²) in [6.45, 7) is 3.76. The Morgan fingerprint density at radius 2 is 2.00 bits per heavy atom.